The molecule has 1 aromatic heterocycles. The summed E-state index contributed by atoms with van der Waals surface area (Å²) < 4.78 is 20.4. The topological polar surface area (TPSA) is 103 Å². The second kappa shape index (κ2) is 9.96. The summed E-state index contributed by atoms with van der Waals surface area (Å²) in [6.45, 7) is 3.07. The first-order valence-corrected chi connectivity index (χ1v) is 10.2. The van der Waals surface area contributed by atoms with Gasteiger partial charge in [0, 0.05) is 31.9 Å². The van der Waals surface area contributed by atoms with Crippen molar-refractivity contribution in [3.05, 3.63) is 52.9 Å². The van der Waals surface area contributed by atoms with Crippen molar-refractivity contribution in [3.8, 4) is 11.9 Å². The highest BCUT2D eigenvalue weighted by Gasteiger charge is 2.24. The zero-order valence-corrected chi connectivity index (χ0v) is 18.4. The van der Waals surface area contributed by atoms with Gasteiger partial charge >= 0.3 is 12.0 Å². The Morgan fingerprint density at radius 3 is 2.78 bits per heavy atom. The number of piperidine rings is 1. The molecule has 9 nitrogen and oxygen atoms in total. The quantitative estimate of drug-likeness (QED) is 0.431. The first kappa shape index (κ1) is 22.8. The van der Waals surface area contributed by atoms with Gasteiger partial charge in [-0.25, -0.2) is 9.18 Å². The average molecular weight is 441 g/mol. The molecule has 1 aromatic carbocycles. The maximum Gasteiger partial charge on any atom is 0.435 e. The number of benzene rings is 1. The number of hydrogen-bond donors (Lipinski definition) is 2. The molecule has 1 aliphatic heterocycles. The molecule has 1 atom stereocenters. The highest BCUT2D eigenvalue weighted by atomic mass is 19.1. The maximum atomic E-state index is 14.4. The number of carbonyl (C=O) groups is 1. The summed E-state index contributed by atoms with van der Waals surface area (Å²) >= 11 is 0. The first-order chi connectivity index (χ1) is 15.2. The molecule has 0 aliphatic carbocycles. The minimum atomic E-state index is -0.759. The van der Waals surface area contributed by atoms with Crippen molar-refractivity contribution in [2.45, 2.75) is 25.9 Å². The Hall–Kier alpha value is -3.87. The van der Waals surface area contributed by atoms with E-state index in [1.54, 1.807) is 37.2 Å². The zero-order chi connectivity index (χ0) is 23.3. The van der Waals surface area contributed by atoms with Crippen molar-refractivity contribution in [1.29, 1.82) is 5.41 Å². The van der Waals surface area contributed by atoms with E-state index in [2.05, 4.69) is 16.0 Å². The fourth-order valence-corrected chi connectivity index (χ4v) is 3.28. The van der Waals surface area contributed by atoms with Crippen LogP contribution in [0.2, 0.25) is 0 Å². The van der Waals surface area contributed by atoms with Crippen LogP contribution in [0.1, 0.15) is 18.5 Å². The van der Waals surface area contributed by atoms with E-state index >= 15 is 0 Å². The largest absolute Gasteiger partial charge is 0.487 e. The van der Waals surface area contributed by atoms with Crippen LogP contribution in [0.25, 0.3) is 4.85 Å². The van der Waals surface area contributed by atoms with Crippen molar-refractivity contribution < 1.29 is 13.9 Å². The van der Waals surface area contributed by atoms with E-state index in [4.69, 9.17) is 15.9 Å². The highest BCUT2D eigenvalue weighted by molar-refractivity contribution is 5.98. The Balaban J connectivity index is 1.78. The minimum absolute atomic E-state index is 0.0972. The summed E-state index contributed by atoms with van der Waals surface area (Å²) in [4.78, 5) is 24.9. The number of guanidine groups is 1. The number of urea groups is 1. The number of ether oxygens (including phenoxy) is 1. The summed E-state index contributed by atoms with van der Waals surface area (Å²) in [5.74, 6) is -0.167. The number of likely N-dealkylation sites (tertiary alicyclic amines) is 1. The Labute approximate surface area is 186 Å². The van der Waals surface area contributed by atoms with E-state index in [0.717, 1.165) is 25.1 Å². The van der Waals surface area contributed by atoms with E-state index in [0.29, 0.717) is 12.2 Å². The van der Waals surface area contributed by atoms with Gasteiger partial charge in [0.15, 0.2) is 0 Å². The number of anilines is 2. The zero-order valence-electron chi connectivity index (χ0n) is 18.4. The Kier molecular flexibility index (Phi) is 7.10. The van der Waals surface area contributed by atoms with Gasteiger partial charge in [0.25, 0.3) is 6.19 Å². The van der Waals surface area contributed by atoms with Crippen molar-refractivity contribution in [2.24, 2.45) is 5.73 Å². The van der Waals surface area contributed by atoms with Crippen LogP contribution in [-0.4, -0.2) is 60.1 Å². The van der Waals surface area contributed by atoms with Crippen molar-refractivity contribution in [1.82, 2.24) is 14.8 Å². The van der Waals surface area contributed by atoms with Crippen LogP contribution in [0.3, 0.4) is 0 Å². The van der Waals surface area contributed by atoms with E-state index in [9.17, 15) is 9.18 Å². The summed E-state index contributed by atoms with van der Waals surface area (Å²) in [6.07, 6.45) is 5.76. The third-order valence-corrected chi connectivity index (χ3v) is 4.89. The molecule has 1 fully saturated rings. The number of aryl methyl sites for hydroxylation is 1. The standard InChI is InChI=1S/C22H26FN7O2/c1-15-6-7-17(12-26-15)30(22(25)31)18-9-16(23)10-20(11-18)32-19-5-4-8-29(13-19)14-27-21(24)28(2)3/h6-7,9-12,19,24H,4-5,8,13H2,1-3H3,(H-,25,31)/p+1/t19-/m1/s1. The van der Waals surface area contributed by atoms with Crippen LogP contribution in [0, 0.1) is 24.3 Å². The molecule has 0 spiro atoms. The van der Waals surface area contributed by atoms with Gasteiger partial charge in [-0.15, -0.1) is 5.41 Å². The fraction of sp³-hybridized carbons (Fsp3) is 0.364. The van der Waals surface area contributed by atoms with Gasteiger partial charge < -0.3 is 10.5 Å². The lowest BCUT2D eigenvalue weighted by molar-refractivity contribution is 0.119. The summed E-state index contributed by atoms with van der Waals surface area (Å²) in [6, 6.07) is 6.74. The fourth-order valence-electron chi connectivity index (χ4n) is 3.28. The third-order valence-electron chi connectivity index (χ3n) is 4.89. The summed E-state index contributed by atoms with van der Waals surface area (Å²) in [7, 11) is 3.47. The van der Waals surface area contributed by atoms with E-state index in [-0.39, 0.29) is 23.5 Å². The smallest absolute Gasteiger partial charge is 0.435 e. The van der Waals surface area contributed by atoms with Crippen LogP contribution in [0.5, 0.6) is 5.75 Å². The molecule has 0 unspecified atom stereocenters. The van der Waals surface area contributed by atoms with Gasteiger partial charge in [0.05, 0.1) is 30.7 Å². The molecule has 0 radical (unpaired) electrons. The molecule has 3 N–H and O–H groups in total. The number of halogens is 1. The molecule has 1 aliphatic rings. The highest BCUT2D eigenvalue weighted by Crippen LogP contribution is 2.30. The number of pyridine rings is 1. The molecule has 10 heteroatoms. The van der Waals surface area contributed by atoms with Crippen LogP contribution < -0.4 is 15.4 Å². The molecule has 0 saturated carbocycles. The molecule has 2 heterocycles. The normalized spacial score (nSPS) is 15.4. The SMILES string of the molecule is Cc1ccc(N(C(N)=O)c2cc(F)cc(O[C@@H]3CCCN(C#[N+]C(=N)N(C)C)C3)c2)cn1. The lowest BCUT2D eigenvalue weighted by Gasteiger charge is -2.28. The Morgan fingerprint density at radius 2 is 2.12 bits per heavy atom. The van der Waals surface area contributed by atoms with E-state index < -0.39 is 11.8 Å². The second-order valence-electron chi connectivity index (χ2n) is 7.73. The lowest BCUT2D eigenvalue weighted by atomic mass is 10.1. The number of amides is 2. The van der Waals surface area contributed by atoms with Crippen molar-refractivity contribution in [3.63, 3.8) is 0 Å². The molecule has 2 aromatic rings. The molecule has 1 saturated heterocycles. The molecule has 2 amide bonds. The number of rotatable bonds is 4. The molecule has 32 heavy (non-hydrogen) atoms. The molecule has 168 valence electrons. The predicted octanol–water partition coefficient (Wildman–Crippen LogP) is 3.38. The number of hydrogen-bond acceptors (Lipinski definition) is 5. The van der Waals surface area contributed by atoms with Gasteiger partial charge in [-0.05, 0) is 38.0 Å². The van der Waals surface area contributed by atoms with Gasteiger partial charge in [-0.1, -0.05) is 0 Å². The Bertz CT molecular complexity index is 1050. The maximum absolute atomic E-state index is 14.4. The second-order valence-corrected chi connectivity index (χ2v) is 7.73. The number of nitrogens with zero attached hydrogens (tertiary/aromatic N) is 5. The molecule has 3 rings (SSSR count). The Morgan fingerprint density at radius 1 is 1.34 bits per heavy atom. The third kappa shape index (κ3) is 5.85. The van der Waals surface area contributed by atoms with E-state index in [1.165, 1.54) is 23.2 Å². The molecular weight excluding hydrogens is 413 g/mol. The van der Waals surface area contributed by atoms with Gasteiger partial charge in [0.1, 0.15) is 17.7 Å². The van der Waals surface area contributed by atoms with Gasteiger partial charge in [-0.3, -0.25) is 19.7 Å². The number of primary amides is 1. The molecule has 0 bridgehead atoms. The number of nitrogens with two attached hydrogens (primary N) is 1. The van der Waals surface area contributed by atoms with Crippen molar-refractivity contribution in [2.75, 3.05) is 32.1 Å². The number of nitrogens with one attached hydrogen (secondary N) is 1. The number of aromatic nitrogens is 1. The predicted molar refractivity (Wildman–Crippen MR) is 121 cm³/mol. The summed E-state index contributed by atoms with van der Waals surface area (Å²) in [5, 5.41) is 7.75. The van der Waals surface area contributed by atoms with Gasteiger partial charge in [0.2, 0.25) is 0 Å². The van der Waals surface area contributed by atoms with Crippen LogP contribution in [0.4, 0.5) is 20.6 Å². The molecular formula is C22H27FN7O2+. The lowest BCUT2D eigenvalue weighted by Crippen LogP contribution is -2.38. The van der Waals surface area contributed by atoms with Crippen molar-refractivity contribution >= 4 is 23.4 Å². The monoisotopic (exact) mass is 440 g/mol. The minimum Gasteiger partial charge on any atom is -0.487 e. The first-order valence-electron chi connectivity index (χ1n) is 10.2. The number of carbonyl (C=O) groups excluding carboxylic acids is 1. The van der Waals surface area contributed by atoms with Gasteiger partial charge in [-0.2, -0.15) is 4.85 Å². The van der Waals surface area contributed by atoms with E-state index in [1.807, 2.05) is 11.8 Å². The van der Waals surface area contributed by atoms with Crippen LogP contribution >= 0.6 is 0 Å². The summed E-state index contributed by atoms with van der Waals surface area (Å²) in [5.41, 5.74) is 7.03. The average Bonchev–Trinajstić information content (AvgIpc) is 2.73. The van der Waals surface area contributed by atoms with Crippen LogP contribution in [0.15, 0.2) is 36.5 Å². The van der Waals surface area contributed by atoms with Crippen LogP contribution in [-0.2, 0) is 0 Å².